The molecular formula is C16H10N2O. The van der Waals surface area contributed by atoms with Crippen molar-refractivity contribution >= 4 is 10.8 Å². The molecule has 1 aromatic heterocycles. The number of fused-ring (bicyclic) bond motifs is 1. The SMILES string of the molecule is N#Cc1ccncc1Oc1ccc2ccccc2c1. The van der Waals surface area contributed by atoms with Crippen molar-refractivity contribution in [1.82, 2.24) is 4.98 Å². The Labute approximate surface area is 110 Å². The summed E-state index contributed by atoms with van der Waals surface area (Å²) < 4.78 is 5.72. The monoisotopic (exact) mass is 246 g/mol. The Kier molecular flexibility index (Phi) is 2.83. The molecule has 2 aromatic carbocycles. The maximum Gasteiger partial charge on any atom is 0.163 e. The zero-order chi connectivity index (χ0) is 13.1. The molecule has 0 radical (unpaired) electrons. The summed E-state index contributed by atoms with van der Waals surface area (Å²) in [5.41, 5.74) is 0.475. The quantitative estimate of drug-likeness (QED) is 0.688. The van der Waals surface area contributed by atoms with Crippen molar-refractivity contribution in [2.24, 2.45) is 0 Å². The lowest BCUT2D eigenvalue weighted by Crippen LogP contribution is -1.89. The van der Waals surface area contributed by atoms with Gasteiger partial charge in [0.1, 0.15) is 11.8 Å². The van der Waals surface area contributed by atoms with E-state index in [-0.39, 0.29) is 0 Å². The average molecular weight is 246 g/mol. The van der Waals surface area contributed by atoms with Gasteiger partial charge in [-0.05, 0) is 29.0 Å². The molecule has 0 saturated carbocycles. The van der Waals surface area contributed by atoms with Gasteiger partial charge in [0.15, 0.2) is 5.75 Å². The van der Waals surface area contributed by atoms with Crippen LogP contribution in [0.5, 0.6) is 11.5 Å². The third-order valence-corrected chi connectivity index (χ3v) is 2.85. The maximum atomic E-state index is 9.01. The Balaban J connectivity index is 1.99. The number of nitriles is 1. The number of pyridine rings is 1. The zero-order valence-electron chi connectivity index (χ0n) is 10.1. The van der Waals surface area contributed by atoms with Gasteiger partial charge in [0.05, 0.1) is 11.8 Å². The second-order valence-electron chi connectivity index (χ2n) is 4.09. The molecule has 19 heavy (non-hydrogen) atoms. The zero-order valence-corrected chi connectivity index (χ0v) is 10.1. The third kappa shape index (κ3) is 2.24. The van der Waals surface area contributed by atoms with Gasteiger partial charge in [-0.15, -0.1) is 0 Å². The molecule has 0 bridgehead atoms. The van der Waals surface area contributed by atoms with Crippen LogP contribution < -0.4 is 4.74 Å². The van der Waals surface area contributed by atoms with Crippen LogP contribution in [0.3, 0.4) is 0 Å². The fourth-order valence-corrected chi connectivity index (χ4v) is 1.91. The maximum absolute atomic E-state index is 9.01. The molecule has 0 N–H and O–H groups in total. The number of ether oxygens (including phenoxy) is 1. The summed E-state index contributed by atoms with van der Waals surface area (Å²) in [7, 11) is 0. The fraction of sp³-hybridized carbons (Fsp3) is 0. The van der Waals surface area contributed by atoms with E-state index < -0.39 is 0 Å². The third-order valence-electron chi connectivity index (χ3n) is 2.85. The van der Waals surface area contributed by atoms with Gasteiger partial charge in [0, 0.05) is 6.20 Å². The summed E-state index contributed by atoms with van der Waals surface area (Å²) in [6.07, 6.45) is 3.12. The van der Waals surface area contributed by atoms with Crippen molar-refractivity contribution in [1.29, 1.82) is 5.26 Å². The van der Waals surface area contributed by atoms with Gasteiger partial charge >= 0.3 is 0 Å². The molecule has 3 rings (SSSR count). The highest BCUT2D eigenvalue weighted by Gasteiger charge is 2.04. The molecule has 3 aromatic rings. The van der Waals surface area contributed by atoms with Gasteiger partial charge in [-0.1, -0.05) is 30.3 Å². The van der Waals surface area contributed by atoms with Crippen LogP contribution in [0.4, 0.5) is 0 Å². The highest BCUT2D eigenvalue weighted by atomic mass is 16.5. The van der Waals surface area contributed by atoms with Crippen LogP contribution in [0.2, 0.25) is 0 Å². The molecule has 0 fully saturated rings. The van der Waals surface area contributed by atoms with E-state index in [1.807, 2.05) is 42.5 Å². The van der Waals surface area contributed by atoms with Crippen LogP contribution in [0.1, 0.15) is 5.56 Å². The number of aromatic nitrogens is 1. The summed E-state index contributed by atoms with van der Waals surface area (Å²) in [4.78, 5) is 3.98. The van der Waals surface area contributed by atoms with Gasteiger partial charge in [-0.2, -0.15) is 5.26 Å². The highest BCUT2D eigenvalue weighted by molar-refractivity contribution is 5.83. The molecule has 0 saturated heterocycles. The van der Waals surface area contributed by atoms with E-state index in [4.69, 9.17) is 10.00 Å². The minimum absolute atomic E-state index is 0.472. The molecule has 1 heterocycles. The molecule has 0 unspecified atom stereocenters. The molecule has 0 aliphatic rings. The number of nitrogens with zero attached hydrogens (tertiary/aromatic N) is 2. The summed E-state index contributed by atoms with van der Waals surface area (Å²) in [6, 6.07) is 17.6. The van der Waals surface area contributed by atoms with Crippen LogP contribution in [-0.4, -0.2) is 4.98 Å². The predicted octanol–water partition coefficient (Wildman–Crippen LogP) is 3.90. The Bertz CT molecular complexity index is 775. The van der Waals surface area contributed by atoms with Crippen molar-refractivity contribution in [3.05, 3.63) is 66.5 Å². The number of rotatable bonds is 2. The topological polar surface area (TPSA) is 45.9 Å². The second-order valence-corrected chi connectivity index (χ2v) is 4.09. The van der Waals surface area contributed by atoms with Crippen LogP contribution in [0, 0.1) is 11.3 Å². The van der Waals surface area contributed by atoms with Crippen LogP contribution in [0.25, 0.3) is 10.8 Å². The van der Waals surface area contributed by atoms with Gasteiger partial charge in [-0.25, -0.2) is 0 Å². The molecule has 0 aliphatic heterocycles. The first-order valence-corrected chi connectivity index (χ1v) is 5.87. The van der Waals surface area contributed by atoms with Crippen molar-refractivity contribution in [2.75, 3.05) is 0 Å². The van der Waals surface area contributed by atoms with Crippen LogP contribution in [-0.2, 0) is 0 Å². The van der Waals surface area contributed by atoms with E-state index >= 15 is 0 Å². The summed E-state index contributed by atoms with van der Waals surface area (Å²) in [5.74, 6) is 1.17. The number of hydrogen-bond donors (Lipinski definition) is 0. The second kappa shape index (κ2) is 4.79. The van der Waals surface area contributed by atoms with Crippen LogP contribution >= 0.6 is 0 Å². The molecule has 0 amide bonds. The minimum Gasteiger partial charge on any atom is -0.454 e. The molecule has 90 valence electrons. The van der Waals surface area contributed by atoms with E-state index in [2.05, 4.69) is 11.1 Å². The number of benzene rings is 2. The largest absolute Gasteiger partial charge is 0.454 e. The Morgan fingerprint density at radius 3 is 2.68 bits per heavy atom. The van der Waals surface area contributed by atoms with Crippen molar-refractivity contribution in [2.45, 2.75) is 0 Å². The summed E-state index contributed by atoms with van der Waals surface area (Å²) >= 11 is 0. The molecular weight excluding hydrogens is 236 g/mol. The minimum atomic E-state index is 0.472. The first-order chi connectivity index (χ1) is 9.36. The Morgan fingerprint density at radius 1 is 1.00 bits per heavy atom. The first-order valence-electron chi connectivity index (χ1n) is 5.87. The lowest BCUT2D eigenvalue weighted by atomic mass is 10.1. The Morgan fingerprint density at radius 2 is 1.84 bits per heavy atom. The van der Waals surface area contributed by atoms with Gasteiger partial charge < -0.3 is 4.74 Å². The predicted molar refractivity (Wildman–Crippen MR) is 73.0 cm³/mol. The summed E-state index contributed by atoms with van der Waals surface area (Å²) in [5, 5.41) is 11.3. The van der Waals surface area contributed by atoms with E-state index in [9.17, 15) is 0 Å². The lowest BCUT2D eigenvalue weighted by molar-refractivity contribution is 0.479. The van der Waals surface area contributed by atoms with Crippen molar-refractivity contribution < 1.29 is 4.74 Å². The van der Waals surface area contributed by atoms with Crippen molar-refractivity contribution in [3.63, 3.8) is 0 Å². The first kappa shape index (κ1) is 11.2. The molecule has 0 spiro atoms. The number of hydrogen-bond acceptors (Lipinski definition) is 3. The Hall–Kier alpha value is -2.86. The molecule has 0 atom stereocenters. The summed E-state index contributed by atoms with van der Waals surface area (Å²) in [6.45, 7) is 0. The highest BCUT2D eigenvalue weighted by Crippen LogP contribution is 2.27. The molecule has 0 aliphatic carbocycles. The fourth-order valence-electron chi connectivity index (χ4n) is 1.91. The molecule has 3 nitrogen and oxygen atoms in total. The van der Waals surface area contributed by atoms with E-state index in [1.54, 1.807) is 18.5 Å². The van der Waals surface area contributed by atoms with Crippen molar-refractivity contribution in [3.8, 4) is 17.6 Å². The lowest BCUT2D eigenvalue weighted by Gasteiger charge is -2.07. The van der Waals surface area contributed by atoms with E-state index in [0.717, 1.165) is 10.8 Å². The van der Waals surface area contributed by atoms with Gasteiger partial charge in [0.25, 0.3) is 0 Å². The average Bonchev–Trinajstić information content (AvgIpc) is 2.48. The van der Waals surface area contributed by atoms with Crippen LogP contribution in [0.15, 0.2) is 60.9 Å². The van der Waals surface area contributed by atoms with E-state index in [1.165, 1.54) is 0 Å². The standard InChI is InChI=1S/C16H10N2O/c17-10-14-7-8-18-11-16(14)19-15-6-5-12-3-1-2-4-13(12)9-15/h1-9,11H. The normalized spacial score (nSPS) is 10.1. The van der Waals surface area contributed by atoms with Gasteiger partial charge in [-0.3, -0.25) is 4.98 Å². The smallest absolute Gasteiger partial charge is 0.163 e. The van der Waals surface area contributed by atoms with Gasteiger partial charge in [0.2, 0.25) is 0 Å². The van der Waals surface area contributed by atoms with E-state index in [0.29, 0.717) is 17.1 Å². The molecule has 3 heteroatoms.